The Morgan fingerprint density at radius 2 is 1.30 bits per heavy atom. The molecule has 3 rings (SSSR count). The fraction of sp³-hybridized carbons (Fsp3) is 0.143. The fourth-order valence-corrected chi connectivity index (χ4v) is 3.88. The summed E-state index contributed by atoms with van der Waals surface area (Å²) in [5.41, 5.74) is -1.23. The van der Waals surface area contributed by atoms with E-state index in [0.29, 0.717) is 4.90 Å². The van der Waals surface area contributed by atoms with Crippen molar-refractivity contribution in [2.45, 2.75) is 10.3 Å². The molecule has 23 heavy (non-hydrogen) atoms. The highest BCUT2D eigenvalue weighted by atomic mass is 32.2. The first-order valence-corrected chi connectivity index (χ1v) is 7.88. The highest BCUT2D eigenvalue weighted by molar-refractivity contribution is 7.92. The molecule has 1 unspecified atom stereocenters. The molecule has 0 aliphatic carbocycles. The van der Waals surface area contributed by atoms with Crippen LogP contribution >= 0.6 is 0 Å². The van der Waals surface area contributed by atoms with E-state index in [9.17, 15) is 30.4 Å². The van der Waals surface area contributed by atoms with Crippen LogP contribution in [0.2, 0.25) is 0 Å². The molecule has 1 aliphatic heterocycles. The first-order valence-electron chi connectivity index (χ1n) is 6.34. The average Bonchev–Trinajstić information content (AvgIpc) is 3.33. The minimum atomic E-state index is -3.98. The van der Waals surface area contributed by atoms with Gasteiger partial charge in [-0.05, 0) is 12.1 Å². The molecule has 0 radical (unpaired) electrons. The number of hydrogen-bond acceptors (Lipinski definition) is 3. The summed E-state index contributed by atoms with van der Waals surface area (Å²) in [5.74, 6) is -10.6. The van der Waals surface area contributed by atoms with E-state index in [4.69, 9.17) is 0 Å². The van der Waals surface area contributed by atoms with E-state index in [1.54, 1.807) is 6.07 Å². The molecule has 1 fully saturated rings. The zero-order valence-corrected chi connectivity index (χ0v) is 12.0. The van der Waals surface area contributed by atoms with Gasteiger partial charge in [0.05, 0.1) is 11.4 Å². The second kappa shape index (κ2) is 5.19. The zero-order valence-electron chi connectivity index (χ0n) is 11.2. The van der Waals surface area contributed by atoms with Gasteiger partial charge in [-0.3, -0.25) is 0 Å². The lowest BCUT2D eigenvalue weighted by Crippen LogP contribution is -2.16. The summed E-state index contributed by atoms with van der Waals surface area (Å²) < 4.78 is 91.4. The number of sulfone groups is 1. The summed E-state index contributed by atoms with van der Waals surface area (Å²) >= 11 is 0. The molecule has 2 aromatic rings. The van der Waals surface area contributed by atoms with Crippen LogP contribution < -0.4 is 4.90 Å². The summed E-state index contributed by atoms with van der Waals surface area (Å²) in [4.78, 5) is 0.523. The zero-order chi connectivity index (χ0) is 16.9. The van der Waals surface area contributed by atoms with Crippen molar-refractivity contribution in [2.24, 2.45) is 0 Å². The number of halogens is 5. The lowest BCUT2D eigenvalue weighted by atomic mass is 10.2. The van der Waals surface area contributed by atoms with E-state index in [-0.39, 0.29) is 11.4 Å². The van der Waals surface area contributed by atoms with E-state index in [0.717, 1.165) is 0 Å². The van der Waals surface area contributed by atoms with Gasteiger partial charge in [0.25, 0.3) is 0 Å². The molecule has 0 spiro atoms. The van der Waals surface area contributed by atoms with Crippen LogP contribution in [-0.2, 0) is 9.84 Å². The predicted octanol–water partition coefficient (Wildman–Crippen LogP) is 3.00. The summed E-state index contributed by atoms with van der Waals surface area (Å²) in [6.45, 7) is -0.365. The molecular weight excluding hydrogens is 341 g/mol. The molecule has 0 aromatic heterocycles. The molecule has 122 valence electrons. The Hall–Kier alpha value is -2.16. The maximum atomic E-state index is 13.7. The molecule has 2 aromatic carbocycles. The van der Waals surface area contributed by atoms with Gasteiger partial charge in [-0.15, -0.1) is 0 Å². The van der Waals surface area contributed by atoms with Gasteiger partial charge in [0.2, 0.25) is 15.7 Å². The predicted molar refractivity (Wildman–Crippen MR) is 71.0 cm³/mol. The smallest absolute Gasteiger partial charge is 0.201 e. The van der Waals surface area contributed by atoms with Crippen molar-refractivity contribution >= 4 is 15.5 Å². The van der Waals surface area contributed by atoms with Gasteiger partial charge in [-0.25, -0.2) is 30.4 Å². The lowest BCUT2D eigenvalue weighted by molar-refractivity contribution is 0.380. The Bertz CT molecular complexity index is 857. The summed E-state index contributed by atoms with van der Waals surface area (Å²) in [6.07, 6.45) is 0. The Morgan fingerprint density at radius 3 is 1.83 bits per heavy atom. The minimum Gasteiger partial charge on any atom is -0.345 e. The van der Waals surface area contributed by atoms with E-state index in [2.05, 4.69) is 0 Å². The fourth-order valence-electron chi connectivity index (χ4n) is 2.23. The van der Waals surface area contributed by atoms with E-state index in [1.165, 1.54) is 24.3 Å². The second-order valence-electron chi connectivity index (χ2n) is 4.88. The Labute approximate surface area is 127 Å². The molecule has 1 aliphatic rings. The van der Waals surface area contributed by atoms with Crippen LogP contribution in [-0.4, -0.2) is 20.3 Å². The summed E-state index contributed by atoms with van der Waals surface area (Å²) in [7, 11) is -3.98. The molecule has 1 atom stereocenters. The third-order valence-electron chi connectivity index (χ3n) is 3.47. The van der Waals surface area contributed by atoms with Gasteiger partial charge in [-0.2, -0.15) is 0 Å². The van der Waals surface area contributed by atoms with Crippen LogP contribution in [0.3, 0.4) is 0 Å². The highest BCUT2D eigenvalue weighted by Crippen LogP contribution is 2.40. The summed E-state index contributed by atoms with van der Waals surface area (Å²) in [5, 5.41) is -1.38. The Balaban J connectivity index is 2.02. The van der Waals surface area contributed by atoms with E-state index in [1.807, 2.05) is 0 Å². The van der Waals surface area contributed by atoms with Gasteiger partial charge in [0.1, 0.15) is 5.69 Å². The van der Waals surface area contributed by atoms with Crippen molar-refractivity contribution in [1.29, 1.82) is 0 Å². The normalized spacial score (nSPS) is 17.4. The largest absolute Gasteiger partial charge is 0.345 e. The number of anilines is 1. The molecule has 0 bridgehead atoms. The lowest BCUT2D eigenvalue weighted by Gasteiger charge is -2.11. The quantitative estimate of drug-likeness (QED) is 0.370. The third-order valence-corrected chi connectivity index (χ3v) is 5.52. The van der Waals surface area contributed by atoms with Crippen molar-refractivity contribution in [3.8, 4) is 0 Å². The number of benzene rings is 2. The van der Waals surface area contributed by atoms with Gasteiger partial charge < -0.3 is 4.90 Å². The minimum absolute atomic E-state index is 0.101. The SMILES string of the molecule is O=S(=O)(c1ccccc1)C1CN1c1c(F)c(F)c(F)c(F)c1F. The maximum absolute atomic E-state index is 13.7. The average molecular weight is 349 g/mol. The standard InChI is InChI=1S/C14H8F5NO2S/c15-9-10(16)12(18)14(13(19)11(9)17)20-6-8(20)23(21,22)7-4-2-1-3-5-7/h1-5,8H,6H2. The van der Waals surface area contributed by atoms with Crippen LogP contribution in [0.5, 0.6) is 0 Å². The molecule has 0 amide bonds. The third kappa shape index (κ3) is 2.35. The number of rotatable bonds is 3. The van der Waals surface area contributed by atoms with Crippen molar-refractivity contribution in [2.75, 3.05) is 11.4 Å². The molecule has 0 N–H and O–H groups in total. The monoisotopic (exact) mass is 349 g/mol. The van der Waals surface area contributed by atoms with Crippen molar-refractivity contribution in [1.82, 2.24) is 0 Å². The second-order valence-corrected chi connectivity index (χ2v) is 6.99. The topological polar surface area (TPSA) is 37.1 Å². The van der Waals surface area contributed by atoms with Crippen LogP contribution in [0.1, 0.15) is 0 Å². The molecule has 1 saturated heterocycles. The summed E-state index contributed by atoms with van der Waals surface area (Å²) in [6, 6.07) is 7.05. The number of hydrogen-bond donors (Lipinski definition) is 0. The molecule has 9 heteroatoms. The van der Waals surface area contributed by atoms with Crippen molar-refractivity contribution in [3.05, 3.63) is 59.4 Å². The number of nitrogens with zero attached hydrogens (tertiary/aromatic N) is 1. The van der Waals surface area contributed by atoms with Gasteiger partial charge in [0, 0.05) is 0 Å². The van der Waals surface area contributed by atoms with Gasteiger partial charge in [0.15, 0.2) is 28.6 Å². The maximum Gasteiger partial charge on any atom is 0.201 e. The van der Waals surface area contributed by atoms with Crippen LogP contribution in [0.25, 0.3) is 0 Å². The van der Waals surface area contributed by atoms with Crippen molar-refractivity contribution < 1.29 is 30.4 Å². The van der Waals surface area contributed by atoms with Crippen LogP contribution in [0.15, 0.2) is 35.2 Å². The van der Waals surface area contributed by atoms with E-state index < -0.39 is 50.0 Å². The van der Waals surface area contributed by atoms with E-state index >= 15 is 0 Å². The van der Waals surface area contributed by atoms with Crippen LogP contribution in [0, 0.1) is 29.1 Å². The molecular formula is C14H8F5NO2S. The molecule has 3 nitrogen and oxygen atoms in total. The first-order chi connectivity index (χ1) is 10.8. The first kappa shape index (κ1) is 15.7. The Kier molecular flexibility index (Phi) is 3.55. The molecule has 1 heterocycles. The van der Waals surface area contributed by atoms with Gasteiger partial charge >= 0.3 is 0 Å². The highest BCUT2D eigenvalue weighted by Gasteiger charge is 2.49. The Morgan fingerprint density at radius 1 is 0.826 bits per heavy atom. The van der Waals surface area contributed by atoms with Gasteiger partial charge in [-0.1, -0.05) is 18.2 Å². The van der Waals surface area contributed by atoms with Crippen molar-refractivity contribution in [3.63, 3.8) is 0 Å². The molecule has 0 saturated carbocycles. The van der Waals surface area contributed by atoms with Crippen LogP contribution in [0.4, 0.5) is 27.6 Å².